The van der Waals surface area contributed by atoms with E-state index in [2.05, 4.69) is 4.98 Å². The van der Waals surface area contributed by atoms with Crippen LogP contribution in [-0.2, 0) is 0 Å². The number of hydrogen-bond acceptors (Lipinski definition) is 6. The van der Waals surface area contributed by atoms with Crippen LogP contribution in [-0.4, -0.2) is 26.8 Å². The predicted octanol–water partition coefficient (Wildman–Crippen LogP) is 2.62. The Labute approximate surface area is 116 Å². The maximum absolute atomic E-state index is 11.4. The van der Waals surface area contributed by atoms with E-state index in [-0.39, 0.29) is 22.0 Å². The van der Waals surface area contributed by atoms with E-state index in [1.54, 1.807) is 0 Å². The highest BCUT2D eigenvalue weighted by atomic mass is 32.1. The normalized spacial score (nSPS) is 10.2. The van der Waals surface area contributed by atoms with Crippen LogP contribution in [0.3, 0.4) is 0 Å². The van der Waals surface area contributed by atoms with Crippen molar-refractivity contribution in [1.82, 2.24) is 4.98 Å². The zero-order chi connectivity index (χ0) is 14.9. The van der Waals surface area contributed by atoms with Gasteiger partial charge >= 0.3 is 5.97 Å². The summed E-state index contributed by atoms with van der Waals surface area (Å²) >= 11 is 0.952. The van der Waals surface area contributed by atoms with Gasteiger partial charge in [-0.3, -0.25) is 14.9 Å². The number of Topliss-reactive ketones (excluding diaryl/α,β-unsaturated/α-hetero) is 1. The number of aromatic nitrogens is 1. The lowest BCUT2D eigenvalue weighted by atomic mass is 10.2. The number of nitro benzene ring substituents is 1. The summed E-state index contributed by atoms with van der Waals surface area (Å²) in [5.41, 5.74) is 0.155. The van der Waals surface area contributed by atoms with Crippen molar-refractivity contribution in [2.24, 2.45) is 0 Å². The molecule has 0 aliphatic heterocycles. The van der Waals surface area contributed by atoms with Crippen LogP contribution in [0.1, 0.15) is 27.1 Å². The van der Waals surface area contributed by atoms with Crippen LogP contribution < -0.4 is 0 Å². The number of carbonyl (C=O) groups excluding carboxylic acids is 1. The van der Waals surface area contributed by atoms with Crippen molar-refractivity contribution in [3.63, 3.8) is 0 Å². The minimum absolute atomic E-state index is 0.0610. The first-order valence-corrected chi connectivity index (χ1v) is 6.21. The molecule has 1 aromatic heterocycles. The zero-order valence-electron chi connectivity index (χ0n) is 10.2. The van der Waals surface area contributed by atoms with Crippen molar-refractivity contribution in [2.45, 2.75) is 6.92 Å². The SMILES string of the molecule is CC(=O)c1sc(-c2ccc([N+](=O)[O-])cc2)nc1C(=O)O. The molecule has 0 saturated carbocycles. The second-order valence-electron chi connectivity index (χ2n) is 3.86. The number of benzene rings is 1. The Morgan fingerprint density at radius 1 is 1.30 bits per heavy atom. The topological polar surface area (TPSA) is 110 Å². The average molecular weight is 292 g/mol. The molecule has 0 atom stereocenters. The quantitative estimate of drug-likeness (QED) is 0.527. The van der Waals surface area contributed by atoms with Gasteiger partial charge in [-0.05, 0) is 12.1 Å². The first-order valence-electron chi connectivity index (χ1n) is 5.40. The van der Waals surface area contributed by atoms with Gasteiger partial charge in [-0.1, -0.05) is 0 Å². The maximum atomic E-state index is 11.4. The number of carbonyl (C=O) groups is 2. The van der Waals surface area contributed by atoms with E-state index in [4.69, 9.17) is 5.11 Å². The molecule has 102 valence electrons. The lowest BCUT2D eigenvalue weighted by molar-refractivity contribution is -0.384. The first-order chi connectivity index (χ1) is 9.40. The van der Waals surface area contributed by atoms with E-state index in [0.29, 0.717) is 10.6 Å². The van der Waals surface area contributed by atoms with Crippen LogP contribution >= 0.6 is 11.3 Å². The number of carboxylic acids is 1. The summed E-state index contributed by atoms with van der Waals surface area (Å²) in [6.07, 6.45) is 0. The minimum Gasteiger partial charge on any atom is -0.476 e. The van der Waals surface area contributed by atoms with Crippen molar-refractivity contribution in [3.8, 4) is 10.6 Å². The van der Waals surface area contributed by atoms with Gasteiger partial charge in [-0.25, -0.2) is 9.78 Å². The average Bonchev–Trinajstić information content (AvgIpc) is 2.84. The van der Waals surface area contributed by atoms with Crippen molar-refractivity contribution < 1.29 is 19.6 Å². The van der Waals surface area contributed by atoms with Crippen LogP contribution in [0.25, 0.3) is 10.6 Å². The summed E-state index contributed by atoms with van der Waals surface area (Å²) in [5, 5.41) is 19.9. The molecule has 0 spiro atoms. The molecule has 2 aromatic rings. The van der Waals surface area contributed by atoms with E-state index in [9.17, 15) is 19.7 Å². The largest absolute Gasteiger partial charge is 0.476 e. The molecule has 0 fully saturated rings. The summed E-state index contributed by atoms with van der Waals surface area (Å²) < 4.78 is 0. The molecule has 1 aromatic carbocycles. The van der Waals surface area contributed by atoms with Crippen LogP contribution in [0.15, 0.2) is 24.3 Å². The maximum Gasteiger partial charge on any atom is 0.356 e. The summed E-state index contributed by atoms with van der Waals surface area (Å²) in [4.78, 5) is 36.4. The Kier molecular flexibility index (Phi) is 3.57. The highest BCUT2D eigenvalue weighted by molar-refractivity contribution is 7.17. The van der Waals surface area contributed by atoms with Gasteiger partial charge in [-0.15, -0.1) is 11.3 Å². The van der Waals surface area contributed by atoms with Gasteiger partial charge in [0.05, 0.1) is 4.92 Å². The zero-order valence-corrected chi connectivity index (χ0v) is 11.0. The van der Waals surface area contributed by atoms with Crippen LogP contribution in [0, 0.1) is 10.1 Å². The number of nitrogens with zero attached hydrogens (tertiary/aromatic N) is 2. The van der Waals surface area contributed by atoms with Gasteiger partial charge in [0.15, 0.2) is 11.5 Å². The molecule has 7 nitrogen and oxygen atoms in total. The third kappa shape index (κ3) is 2.54. The molecule has 2 rings (SSSR count). The molecular formula is C12H8N2O5S. The fourth-order valence-electron chi connectivity index (χ4n) is 1.55. The van der Waals surface area contributed by atoms with E-state index in [1.165, 1.54) is 31.2 Å². The standard InChI is InChI=1S/C12H8N2O5S/c1-6(15)10-9(12(16)17)13-11(20-10)7-2-4-8(5-3-7)14(18)19/h2-5H,1H3,(H,16,17). The number of ketones is 1. The van der Waals surface area contributed by atoms with Crippen LogP contribution in [0.4, 0.5) is 5.69 Å². The molecular weight excluding hydrogens is 284 g/mol. The summed E-state index contributed by atoms with van der Waals surface area (Å²) in [7, 11) is 0. The minimum atomic E-state index is -1.28. The Morgan fingerprint density at radius 3 is 2.30 bits per heavy atom. The lowest BCUT2D eigenvalue weighted by Crippen LogP contribution is -2.03. The summed E-state index contributed by atoms with van der Waals surface area (Å²) in [6, 6.07) is 5.52. The highest BCUT2D eigenvalue weighted by Crippen LogP contribution is 2.29. The van der Waals surface area contributed by atoms with Crippen molar-refractivity contribution in [2.75, 3.05) is 0 Å². The molecule has 20 heavy (non-hydrogen) atoms. The molecule has 1 N–H and O–H groups in total. The number of nitro groups is 1. The fraction of sp³-hybridized carbons (Fsp3) is 0.0833. The predicted molar refractivity (Wildman–Crippen MR) is 71.2 cm³/mol. The summed E-state index contributed by atoms with van der Waals surface area (Å²) in [6.45, 7) is 1.26. The Balaban J connectivity index is 2.47. The third-order valence-electron chi connectivity index (χ3n) is 2.47. The van der Waals surface area contributed by atoms with E-state index in [1.807, 2.05) is 0 Å². The van der Waals surface area contributed by atoms with Gasteiger partial charge in [0.25, 0.3) is 5.69 Å². The number of thiazole rings is 1. The molecule has 0 unspecified atom stereocenters. The van der Waals surface area contributed by atoms with Gasteiger partial charge < -0.3 is 5.11 Å². The van der Waals surface area contributed by atoms with Gasteiger partial charge in [-0.2, -0.15) is 0 Å². The number of carboxylic acid groups (broad SMARTS) is 1. The van der Waals surface area contributed by atoms with Gasteiger partial charge in [0.1, 0.15) is 9.88 Å². The second kappa shape index (κ2) is 5.17. The monoisotopic (exact) mass is 292 g/mol. The third-order valence-corrected chi connectivity index (χ3v) is 3.68. The second-order valence-corrected chi connectivity index (χ2v) is 4.86. The molecule has 0 bridgehead atoms. The van der Waals surface area contributed by atoms with E-state index < -0.39 is 10.9 Å². The van der Waals surface area contributed by atoms with Crippen molar-refractivity contribution in [1.29, 1.82) is 0 Å². The van der Waals surface area contributed by atoms with E-state index >= 15 is 0 Å². The Hall–Kier alpha value is -2.61. The molecule has 0 aliphatic carbocycles. The first kappa shape index (κ1) is 13.8. The number of aromatic carboxylic acids is 1. The fourth-order valence-corrected chi connectivity index (χ4v) is 2.51. The molecule has 0 saturated heterocycles. The number of hydrogen-bond donors (Lipinski definition) is 1. The summed E-state index contributed by atoms with van der Waals surface area (Å²) in [5.74, 6) is -1.66. The molecule has 0 aliphatic rings. The van der Waals surface area contributed by atoms with Crippen LogP contribution in [0.2, 0.25) is 0 Å². The van der Waals surface area contributed by atoms with Crippen molar-refractivity contribution in [3.05, 3.63) is 45.0 Å². The van der Waals surface area contributed by atoms with Gasteiger partial charge in [0.2, 0.25) is 0 Å². The highest BCUT2D eigenvalue weighted by Gasteiger charge is 2.21. The molecule has 1 heterocycles. The van der Waals surface area contributed by atoms with Gasteiger partial charge in [0, 0.05) is 24.6 Å². The number of non-ortho nitro benzene ring substituents is 1. The lowest BCUT2D eigenvalue weighted by Gasteiger charge is -1.95. The van der Waals surface area contributed by atoms with Crippen LogP contribution in [0.5, 0.6) is 0 Å². The Bertz CT molecular complexity index is 674. The molecule has 0 amide bonds. The van der Waals surface area contributed by atoms with Crippen molar-refractivity contribution >= 4 is 28.8 Å². The smallest absolute Gasteiger partial charge is 0.356 e. The molecule has 0 radical (unpaired) electrons. The van der Waals surface area contributed by atoms with E-state index in [0.717, 1.165) is 11.3 Å². The number of rotatable bonds is 4. The molecule has 8 heteroatoms. The Morgan fingerprint density at radius 2 is 1.90 bits per heavy atom.